The fourth-order valence-electron chi connectivity index (χ4n) is 2.83. The van der Waals surface area contributed by atoms with Crippen LogP contribution in [0.15, 0.2) is 24.3 Å². The van der Waals surface area contributed by atoms with Gasteiger partial charge < -0.3 is 15.3 Å². The number of nitrogens with two attached hydrogens (primary N) is 1. The number of benzene rings is 1. The van der Waals surface area contributed by atoms with Gasteiger partial charge in [-0.2, -0.15) is 13.2 Å². The smallest absolute Gasteiger partial charge is 0.379 e. The number of carbonyl (C=O) groups is 2. The minimum absolute atomic E-state index is 0.228. The van der Waals surface area contributed by atoms with Crippen molar-refractivity contribution in [2.24, 2.45) is 5.73 Å². The van der Waals surface area contributed by atoms with E-state index in [2.05, 4.69) is 0 Å². The molecule has 0 saturated carbocycles. The highest BCUT2D eigenvalue weighted by Gasteiger charge is 2.45. The number of carbonyl (C=O) groups excluding carboxylic acids is 2. The molecular formula is C15H17F3N2O3. The Bertz CT molecular complexity index is 568. The van der Waals surface area contributed by atoms with Gasteiger partial charge in [-0.25, -0.2) is 0 Å². The first-order valence-corrected chi connectivity index (χ1v) is 7.06. The molecule has 1 aromatic carbocycles. The molecule has 0 bridgehead atoms. The Morgan fingerprint density at radius 2 is 1.70 bits per heavy atom. The highest BCUT2D eigenvalue weighted by atomic mass is 19.4. The lowest BCUT2D eigenvalue weighted by atomic mass is 9.83. The predicted octanol–water partition coefficient (Wildman–Crippen LogP) is 1.31. The van der Waals surface area contributed by atoms with E-state index < -0.39 is 23.2 Å². The summed E-state index contributed by atoms with van der Waals surface area (Å²) in [5.74, 6) is -0.772. The molecule has 0 aromatic heterocycles. The molecule has 1 aliphatic rings. The number of primary amides is 1. The van der Waals surface area contributed by atoms with E-state index in [0.717, 1.165) is 12.1 Å². The molecular weight excluding hydrogens is 313 g/mol. The second-order valence-electron chi connectivity index (χ2n) is 5.27. The molecule has 126 valence electrons. The maximum Gasteiger partial charge on any atom is 0.416 e. The molecule has 1 aliphatic heterocycles. The standard InChI is InChI=1S/C15H17F3N2O3/c16-15(17,18)12-3-1-11(2-4-12)14(5-8-21,13(19)22)20-6-9-23-10-7-20/h1-4,8H,5-7,9-10H2,(H2,19,22)/t14-/m1/s1. The number of hydrogen-bond acceptors (Lipinski definition) is 4. The number of ether oxygens (including phenoxy) is 1. The zero-order chi connectivity index (χ0) is 17.1. The van der Waals surface area contributed by atoms with Crippen LogP contribution in [0.4, 0.5) is 13.2 Å². The zero-order valence-corrected chi connectivity index (χ0v) is 12.3. The number of amides is 1. The van der Waals surface area contributed by atoms with E-state index in [9.17, 15) is 22.8 Å². The van der Waals surface area contributed by atoms with Gasteiger partial charge in [0, 0.05) is 19.5 Å². The van der Waals surface area contributed by atoms with Crippen LogP contribution in [0, 0.1) is 0 Å². The van der Waals surface area contributed by atoms with Crippen molar-refractivity contribution in [3.63, 3.8) is 0 Å². The van der Waals surface area contributed by atoms with Gasteiger partial charge in [0.15, 0.2) is 0 Å². The molecule has 1 fully saturated rings. The SMILES string of the molecule is NC(=O)[C@@](CC=O)(c1ccc(C(F)(F)F)cc1)N1CCOCC1. The lowest BCUT2D eigenvalue weighted by Crippen LogP contribution is -2.58. The minimum atomic E-state index is -4.47. The van der Waals surface area contributed by atoms with Crippen LogP contribution >= 0.6 is 0 Å². The van der Waals surface area contributed by atoms with Crippen molar-refractivity contribution in [3.05, 3.63) is 35.4 Å². The van der Waals surface area contributed by atoms with E-state index >= 15 is 0 Å². The van der Waals surface area contributed by atoms with Crippen molar-refractivity contribution in [2.45, 2.75) is 18.1 Å². The normalized spacial score (nSPS) is 19.1. The number of rotatable bonds is 5. The first-order chi connectivity index (χ1) is 10.8. The molecule has 8 heteroatoms. The first kappa shape index (κ1) is 17.4. The van der Waals surface area contributed by atoms with Gasteiger partial charge in [-0.1, -0.05) is 12.1 Å². The molecule has 0 unspecified atom stereocenters. The molecule has 5 nitrogen and oxygen atoms in total. The van der Waals surface area contributed by atoms with Crippen LogP contribution in [0.3, 0.4) is 0 Å². The molecule has 23 heavy (non-hydrogen) atoms. The number of hydrogen-bond donors (Lipinski definition) is 1. The van der Waals surface area contributed by atoms with Gasteiger partial charge in [0.25, 0.3) is 0 Å². The summed E-state index contributed by atoms with van der Waals surface area (Å²) in [7, 11) is 0. The van der Waals surface area contributed by atoms with E-state index in [1.807, 2.05) is 0 Å². The van der Waals surface area contributed by atoms with E-state index in [-0.39, 0.29) is 12.0 Å². The highest BCUT2D eigenvalue weighted by Crippen LogP contribution is 2.35. The van der Waals surface area contributed by atoms with Crippen molar-refractivity contribution in [2.75, 3.05) is 26.3 Å². The second-order valence-corrected chi connectivity index (χ2v) is 5.27. The Morgan fingerprint density at radius 3 is 2.13 bits per heavy atom. The maximum absolute atomic E-state index is 12.7. The van der Waals surface area contributed by atoms with E-state index in [1.165, 1.54) is 12.1 Å². The Labute approximate surface area is 131 Å². The highest BCUT2D eigenvalue weighted by molar-refractivity contribution is 5.88. The van der Waals surface area contributed by atoms with E-state index in [4.69, 9.17) is 10.5 Å². The molecule has 0 aliphatic carbocycles. The molecule has 1 heterocycles. The molecule has 0 spiro atoms. The van der Waals surface area contributed by atoms with Crippen molar-refractivity contribution in [1.29, 1.82) is 0 Å². The quantitative estimate of drug-likeness (QED) is 0.826. The Kier molecular flexibility index (Phi) is 5.06. The number of nitrogens with zero attached hydrogens (tertiary/aromatic N) is 1. The third-order valence-corrected chi connectivity index (χ3v) is 4.03. The third-order valence-electron chi connectivity index (χ3n) is 4.03. The topological polar surface area (TPSA) is 72.6 Å². The Balaban J connectivity index is 2.47. The fraction of sp³-hybridized carbons (Fsp3) is 0.467. The zero-order valence-electron chi connectivity index (χ0n) is 12.3. The number of morpholine rings is 1. The average Bonchev–Trinajstić information content (AvgIpc) is 2.52. The fourth-order valence-corrected chi connectivity index (χ4v) is 2.83. The van der Waals surface area contributed by atoms with Crippen LogP contribution < -0.4 is 5.73 Å². The molecule has 0 radical (unpaired) electrons. The summed E-state index contributed by atoms with van der Waals surface area (Å²) in [5, 5.41) is 0. The van der Waals surface area contributed by atoms with Crippen molar-refractivity contribution < 1.29 is 27.5 Å². The van der Waals surface area contributed by atoms with Gasteiger partial charge in [-0.15, -0.1) is 0 Å². The molecule has 1 aromatic rings. The predicted molar refractivity (Wildman–Crippen MR) is 75.4 cm³/mol. The Hall–Kier alpha value is -1.93. The lowest BCUT2D eigenvalue weighted by Gasteiger charge is -2.42. The van der Waals surface area contributed by atoms with Gasteiger partial charge in [-0.3, -0.25) is 9.69 Å². The van der Waals surface area contributed by atoms with Gasteiger partial charge in [0.1, 0.15) is 11.8 Å². The molecule has 2 rings (SSSR count). The second kappa shape index (κ2) is 6.67. The Morgan fingerprint density at radius 1 is 1.17 bits per heavy atom. The van der Waals surface area contributed by atoms with Crippen LogP contribution in [0.25, 0.3) is 0 Å². The summed E-state index contributed by atoms with van der Waals surface area (Å²) < 4.78 is 43.3. The third kappa shape index (κ3) is 3.37. The van der Waals surface area contributed by atoms with E-state index in [0.29, 0.717) is 32.6 Å². The lowest BCUT2D eigenvalue weighted by molar-refractivity contribution is -0.138. The minimum Gasteiger partial charge on any atom is -0.379 e. The van der Waals surface area contributed by atoms with Crippen LogP contribution in [0.1, 0.15) is 17.5 Å². The van der Waals surface area contributed by atoms with Gasteiger partial charge in [0.05, 0.1) is 18.8 Å². The molecule has 2 N–H and O–H groups in total. The average molecular weight is 330 g/mol. The molecule has 1 atom stereocenters. The van der Waals surface area contributed by atoms with Crippen molar-refractivity contribution in [1.82, 2.24) is 4.90 Å². The summed E-state index contributed by atoms with van der Waals surface area (Å²) in [6.45, 7) is 1.43. The summed E-state index contributed by atoms with van der Waals surface area (Å²) in [5.41, 5.74) is 3.52. The molecule has 1 saturated heterocycles. The van der Waals surface area contributed by atoms with Crippen LogP contribution in [0.2, 0.25) is 0 Å². The van der Waals surface area contributed by atoms with Crippen LogP contribution in [-0.2, 0) is 26.0 Å². The maximum atomic E-state index is 12.7. The van der Waals surface area contributed by atoms with Crippen molar-refractivity contribution in [3.8, 4) is 0 Å². The van der Waals surface area contributed by atoms with Crippen LogP contribution in [0.5, 0.6) is 0 Å². The number of alkyl halides is 3. The van der Waals surface area contributed by atoms with Crippen LogP contribution in [-0.4, -0.2) is 43.4 Å². The summed E-state index contributed by atoms with van der Waals surface area (Å²) in [6, 6.07) is 4.18. The summed E-state index contributed by atoms with van der Waals surface area (Å²) in [6.07, 6.45) is -4.15. The first-order valence-electron chi connectivity index (χ1n) is 7.06. The number of aldehydes is 1. The van der Waals surface area contributed by atoms with Crippen molar-refractivity contribution >= 4 is 12.2 Å². The summed E-state index contributed by atoms with van der Waals surface area (Å²) >= 11 is 0. The van der Waals surface area contributed by atoms with E-state index in [1.54, 1.807) is 4.90 Å². The summed E-state index contributed by atoms with van der Waals surface area (Å²) in [4.78, 5) is 25.0. The monoisotopic (exact) mass is 330 g/mol. The molecule has 1 amide bonds. The largest absolute Gasteiger partial charge is 0.416 e. The van der Waals surface area contributed by atoms with Gasteiger partial charge >= 0.3 is 6.18 Å². The number of halogens is 3. The van der Waals surface area contributed by atoms with Gasteiger partial charge in [-0.05, 0) is 17.7 Å². The van der Waals surface area contributed by atoms with Gasteiger partial charge in [0.2, 0.25) is 5.91 Å².